The van der Waals surface area contributed by atoms with Gasteiger partial charge in [-0.2, -0.15) is 0 Å². The van der Waals surface area contributed by atoms with E-state index < -0.39 is 5.97 Å². The molecule has 0 aliphatic heterocycles. The van der Waals surface area contributed by atoms with Crippen LogP contribution in [-0.4, -0.2) is 16.2 Å². The van der Waals surface area contributed by atoms with E-state index in [9.17, 15) is 9.90 Å². The Hall–Kier alpha value is -3.60. The first kappa shape index (κ1) is 15.0. The molecule has 5 heteroatoms. The Kier molecular flexibility index (Phi) is 3.67. The van der Waals surface area contributed by atoms with Crippen molar-refractivity contribution in [3.05, 3.63) is 78.4 Å². The standard InChI is InChI=1S/C20H13NO4/c22-20(23)14-9-10-18-17(12-14)19(25-21-18)13-5-4-8-16(11-13)24-15-6-2-1-3-7-15/h1-12H,(H,22,23). The van der Waals surface area contributed by atoms with Gasteiger partial charge < -0.3 is 14.4 Å². The van der Waals surface area contributed by atoms with Crippen molar-refractivity contribution in [1.82, 2.24) is 5.16 Å². The first-order valence-corrected chi connectivity index (χ1v) is 7.67. The molecule has 4 rings (SSSR count). The number of rotatable bonds is 4. The molecule has 25 heavy (non-hydrogen) atoms. The summed E-state index contributed by atoms with van der Waals surface area (Å²) in [4.78, 5) is 11.2. The van der Waals surface area contributed by atoms with Crippen molar-refractivity contribution in [2.45, 2.75) is 0 Å². The van der Waals surface area contributed by atoms with Crippen molar-refractivity contribution in [3.63, 3.8) is 0 Å². The third-order valence-corrected chi connectivity index (χ3v) is 3.80. The molecule has 0 spiro atoms. The third kappa shape index (κ3) is 2.95. The molecule has 0 amide bonds. The second kappa shape index (κ2) is 6.13. The molecule has 3 aromatic carbocycles. The number of hydrogen-bond acceptors (Lipinski definition) is 4. The lowest BCUT2D eigenvalue weighted by Crippen LogP contribution is -1.94. The van der Waals surface area contributed by atoms with E-state index in [4.69, 9.17) is 9.26 Å². The van der Waals surface area contributed by atoms with Crippen LogP contribution in [0.2, 0.25) is 0 Å². The number of aromatic nitrogens is 1. The number of carboxylic acid groups (broad SMARTS) is 1. The van der Waals surface area contributed by atoms with Crippen molar-refractivity contribution < 1.29 is 19.2 Å². The van der Waals surface area contributed by atoms with Gasteiger partial charge >= 0.3 is 5.97 Å². The van der Waals surface area contributed by atoms with Crippen LogP contribution in [-0.2, 0) is 0 Å². The highest BCUT2D eigenvalue weighted by Gasteiger charge is 2.14. The Morgan fingerprint density at radius 2 is 1.72 bits per heavy atom. The van der Waals surface area contributed by atoms with E-state index in [-0.39, 0.29) is 5.56 Å². The lowest BCUT2D eigenvalue weighted by molar-refractivity contribution is 0.0697. The van der Waals surface area contributed by atoms with E-state index in [1.807, 2.05) is 54.6 Å². The summed E-state index contributed by atoms with van der Waals surface area (Å²) in [5.74, 6) is 0.907. The fourth-order valence-corrected chi connectivity index (χ4v) is 2.61. The van der Waals surface area contributed by atoms with Gasteiger partial charge in [0.15, 0.2) is 5.76 Å². The van der Waals surface area contributed by atoms with E-state index in [0.717, 1.165) is 11.3 Å². The summed E-state index contributed by atoms with van der Waals surface area (Å²) in [7, 11) is 0. The summed E-state index contributed by atoms with van der Waals surface area (Å²) < 4.78 is 11.3. The fourth-order valence-electron chi connectivity index (χ4n) is 2.61. The molecule has 0 saturated carbocycles. The predicted molar refractivity (Wildman–Crippen MR) is 92.9 cm³/mol. The van der Waals surface area contributed by atoms with E-state index in [0.29, 0.717) is 22.4 Å². The summed E-state index contributed by atoms with van der Waals surface area (Å²) in [6, 6.07) is 21.6. The van der Waals surface area contributed by atoms with Gasteiger partial charge in [-0.1, -0.05) is 35.5 Å². The number of benzene rings is 3. The normalized spacial score (nSPS) is 10.7. The zero-order valence-corrected chi connectivity index (χ0v) is 13.0. The van der Waals surface area contributed by atoms with Crippen molar-refractivity contribution in [1.29, 1.82) is 0 Å². The van der Waals surface area contributed by atoms with Gasteiger partial charge in [0.2, 0.25) is 0 Å². The summed E-state index contributed by atoms with van der Waals surface area (Å²) in [5.41, 5.74) is 1.56. The Bertz CT molecular complexity index is 1050. The molecule has 0 aliphatic carbocycles. The molecular weight excluding hydrogens is 318 g/mol. The Labute approximate surface area is 143 Å². The Balaban J connectivity index is 1.75. The van der Waals surface area contributed by atoms with Crippen LogP contribution < -0.4 is 4.74 Å². The molecule has 0 saturated heterocycles. The molecule has 0 unspecified atom stereocenters. The number of carbonyl (C=O) groups is 1. The number of fused-ring (bicyclic) bond motifs is 1. The monoisotopic (exact) mass is 331 g/mol. The quantitative estimate of drug-likeness (QED) is 0.570. The van der Waals surface area contributed by atoms with Crippen molar-refractivity contribution in [2.75, 3.05) is 0 Å². The van der Waals surface area contributed by atoms with Crippen molar-refractivity contribution in [2.24, 2.45) is 0 Å². The summed E-state index contributed by atoms with van der Waals surface area (Å²) in [6.07, 6.45) is 0. The first-order valence-electron chi connectivity index (χ1n) is 7.67. The zero-order chi connectivity index (χ0) is 17.2. The van der Waals surface area contributed by atoms with Crippen LogP contribution in [0.1, 0.15) is 10.4 Å². The zero-order valence-electron chi connectivity index (χ0n) is 13.0. The molecule has 5 nitrogen and oxygen atoms in total. The minimum Gasteiger partial charge on any atom is -0.478 e. The average molecular weight is 331 g/mol. The number of nitrogens with zero attached hydrogens (tertiary/aromatic N) is 1. The van der Waals surface area contributed by atoms with E-state index in [1.165, 1.54) is 6.07 Å². The van der Waals surface area contributed by atoms with Crippen LogP contribution in [0, 0.1) is 0 Å². The molecule has 1 N–H and O–H groups in total. The summed E-state index contributed by atoms with van der Waals surface area (Å²) in [5, 5.41) is 13.8. The van der Waals surface area contributed by atoms with Crippen LogP contribution in [0.5, 0.6) is 11.5 Å². The molecule has 1 aromatic heterocycles. The Morgan fingerprint density at radius 1 is 0.920 bits per heavy atom. The van der Waals surface area contributed by atoms with E-state index in [1.54, 1.807) is 12.1 Å². The number of para-hydroxylation sites is 1. The number of ether oxygens (including phenoxy) is 1. The van der Waals surface area contributed by atoms with Crippen LogP contribution in [0.3, 0.4) is 0 Å². The highest BCUT2D eigenvalue weighted by molar-refractivity contribution is 5.98. The third-order valence-electron chi connectivity index (χ3n) is 3.80. The highest BCUT2D eigenvalue weighted by atomic mass is 16.5. The smallest absolute Gasteiger partial charge is 0.335 e. The molecule has 4 aromatic rings. The van der Waals surface area contributed by atoms with Gasteiger partial charge in [-0.25, -0.2) is 4.79 Å². The summed E-state index contributed by atoms with van der Waals surface area (Å²) >= 11 is 0. The number of hydrogen-bond donors (Lipinski definition) is 1. The minimum absolute atomic E-state index is 0.189. The van der Waals surface area contributed by atoms with Crippen LogP contribution >= 0.6 is 0 Å². The average Bonchev–Trinajstić information content (AvgIpc) is 3.06. The van der Waals surface area contributed by atoms with Gasteiger partial charge in [0.1, 0.15) is 17.0 Å². The highest BCUT2D eigenvalue weighted by Crippen LogP contribution is 2.32. The maximum absolute atomic E-state index is 11.2. The van der Waals surface area contributed by atoms with Gasteiger partial charge in [0.05, 0.1) is 10.9 Å². The maximum Gasteiger partial charge on any atom is 0.335 e. The van der Waals surface area contributed by atoms with Gasteiger partial charge in [-0.3, -0.25) is 0 Å². The lowest BCUT2D eigenvalue weighted by atomic mass is 10.1. The van der Waals surface area contributed by atoms with Crippen molar-refractivity contribution in [3.8, 4) is 22.8 Å². The number of carboxylic acids is 1. The predicted octanol–water partition coefficient (Wildman–Crippen LogP) is 4.99. The molecule has 0 bridgehead atoms. The van der Waals surface area contributed by atoms with Crippen LogP contribution in [0.4, 0.5) is 0 Å². The Morgan fingerprint density at radius 3 is 2.52 bits per heavy atom. The number of aromatic carboxylic acids is 1. The molecule has 0 atom stereocenters. The topological polar surface area (TPSA) is 72.6 Å². The maximum atomic E-state index is 11.2. The molecule has 0 aliphatic rings. The van der Waals surface area contributed by atoms with Crippen molar-refractivity contribution >= 4 is 16.9 Å². The molecule has 0 fully saturated rings. The molecule has 0 radical (unpaired) electrons. The largest absolute Gasteiger partial charge is 0.478 e. The van der Waals surface area contributed by atoms with Gasteiger partial charge in [-0.15, -0.1) is 0 Å². The van der Waals surface area contributed by atoms with Gasteiger partial charge in [-0.05, 0) is 42.5 Å². The lowest BCUT2D eigenvalue weighted by Gasteiger charge is -2.06. The van der Waals surface area contributed by atoms with Gasteiger partial charge in [0, 0.05) is 5.56 Å². The second-order valence-corrected chi connectivity index (χ2v) is 5.49. The van der Waals surface area contributed by atoms with E-state index >= 15 is 0 Å². The molecular formula is C20H13NO4. The fraction of sp³-hybridized carbons (Fsp3) is 0. The SMILES string of the molecule is O=C(O)c1ccc2noc(-c3cccc(Oc4ccccc4)c3)c2c1. The second-order valence-electron chi connectivity index (χ2n) is 5.49. The van der Waals surface area contributed by atoms with E-state index in [2.05, 4.69) is 5.16 Å². The van der Waals surface area contributed by atoms with Crippen LogP contribution in [0.25, 0.3) is 22.2 Å². The van der Waals surface area contributed by atoms with Gasteiger partial charge in [0.25, 0.3) is 0 Å². The van der Waals surface area contributed by atoms with Crippen LogP contribution in [0.15, 0.2) is 77.3 Å². The minimum atomic E-state index is -0.991. The molecule has 1 heterocycles. The molecule has 122 valence electrons. The summed E-state index contributed by atoms with van der Waals surface area (Å²) in [6.45, 7) is 0. The first-order chi connectivity index (χ1) is 12.2.